The molecule has 0 bridgehead atoms. The molecule has 0 spiro atoms. The van der Waals surface area contributed by atoms with Crippen molar-refractivity contribution in [3.8, 4) is 0 Å². The summed E-state index contributed by atoms with van der Waals surface area (Å²) in [5.41, 5.74) is 5.02. The molecule has 8 heteroatoms. The minimum atomic E-state index is -0.267. The highest BCUT2D eigenvalue weighted by atomic mass is 32.1. The Morgan fingerprint density at radius 1 is 1.19 bits per heavy atom. The predicted octanol–water partition coefficient (Wildman–Crippen LogP) is 4.48. The number of hydrogen-bond donors (Lipinski definition) is 2. The standard InChI is InChI=1S/C24H25FN4O2S/c1-15(2)9-19(13-31-12-16-3-6-18(25)7-4-16)27-24-28-21(23(30)29-24)10-17-5-8-20-22(11-17)32-14-26-20/h3-8,10-11,14-15,19H,9,12-13H2,1-2H3,(H2,27,28,29,30)/b21-10-. The smallest absolute Gasteiger partial charge is 0.274 e. The van der Waals surface area contributed by atoms with Gasteiger partial charge in [0, 0.05) is 0 Å². The fourth-order valence-corrected chi connectivity index (χ4v) is 4.19. The number of carbonyl (C=O) groups excluding carboxylic acids is 1. The number of guanidine groups is 1. The van der Waals surface area contributed by atoms with Gasteiger partial charge in [-0.15, -0.1) is 11.3 Å². The third-order valence-corrected chi connectivity index (χ3v) is 5.74. The maximum absolute atomic E-state index is 13.1. The Labute approximate surface area is 190 Å². The SMILES string of the molecule is CC(C)CC(COCc1ccc(F)cc1)N=C1NC(=O)/C(=C/c2ccc3ncsc3c2)N1. The van der Waals surface area contributed by atoms with Gasteiger partial charge in [-0.3, -0.25) is 10.1 Å². The second-order valence-corrected chi connectivity index (χ2v) is 9.01. The second kappa shape index (κ2) is 10.0. The molecule has 1 aromatic heterocycles. The summed E-state index contributed by atoms with van der Waals surface area (Å²) in [4.78, 5) is 21.4. The number of aromatic nitrogens is 1. The van der Waals surface area contributed by atoms with Crippen LogP contribution < -0.4 is 10.6 Å². The normalized spacial score (nSPS) is 17.3. The van der Waals surface area contributed by atoms with E-state index in [2.05, 4.69) is 34.5 Å². The fraction of sp³-hybridized carbons (Fsp3) is 0.292. The average molecular weight is 453 g/mol. The molecule has 6 nitrogen and oxygen atoms in total. The molecule has 4 rings (SSSR count). The highest BCUT2D eigenvalue weighted by Crippen LogP contribution is 2.21. The fourth-order valence-electron chi connectivity index (χ4n) is 3.46. The van der Waals surface area contributed by atoms with Crippen molar-refractivity contribution in [2.45, 2.75) is 32.9 Å². The zero-order valence-electron chi connectivity index (χ0n) is 18.0. The van der Waals surface area contributed by atoms with Crippen LogP contribution in [0.15, 0.2) is 58.7 Å². The van der Waals surface area contributed by atoms with Crippen LogP contribution in [-0.2, 0) is 16.1 Å². The maximum atomic E-state index is 13.1. The lowest BCUT2D eigenvalue weighted by Crippen LogP contribution is -2.29. The number of thiazole rings is 1. The van der Waals surface area contributed by atoms with E-state index in [1.807, 2.05) is 18.2 Å². The molecule has 32 heavy (non-hydrogen) atoms. The molecule has 0 aliphatic carbocycles. The molecule has 166 valence electrons. The molecular weight excluding hydrogens is 427 g/mol. The highest BCUT2D eigenvalue weighted by Gasteiger charge is 2.23. The molecule has 1 fully saturated rings. The van der Waals surface area contributed by atoms with E-state index in [-0.39, 0.29) is 17.8 Å². The summed E-state index contributed by atoms with van der Waals surface area (Å²) < 4.78 is 20.0. The number of aliphatic imine (C=N–C) groups is 1. The summed E-state index contributed by atoms with van der Waals surface area (Å²) in [6, 6.07) is 12.0. The lowest BCUT2D eigenvalue weighted by molar-refractivity contribution is -0.115. The summed E-state index contributed by atoms with van der Waals surface area (Å²) in [6.45, 7) is 5.02. The van der Waals surface area contributed by atoms with Gasteiger partial charge in [0.15, 0.2) is 0 Å². The Hall–Kier alpha value is -3.10. The van der Waals surface area contributed by atoms with Gasteiger partial charge >= 0.3 is 0 Å². The zero-order valence-corrected chi connectivity index (χ0v) is 18.8. The minimum Gasteiger partial charge on any atom is -0.375 e. The highest BCUT2D eigenvalue weighted by molar-refractivity contribution is 7.16. The molecule has 1 aliphatic heterocycles. The van der Waals surface area contributed by atoms with Gasteiger partial charge in [-0.05, 0) is 53.8 Å². The lowest BCUT2D eigenvalue weighted by Gasteiger charge is -2.16. The molecule has 2 heterocycles. The number of rotatable bonds is 8. The Morgan fingerprint density at radius 2 is 2.00 bits per heavy atom. The van der Waals surface area contributed by atoms with Crippen LogP contribution >= 0.6 is 11.3 Å². The molecule has 1 atom stereocenters. The van der Waals surface area contributed by atoms with Crippen LogP contribution in [0.2, 0.25) is 0 Å². The number of fused-ring (bicyclic) bond motifs is 1. The molecule has 2 N–H and O–H groups in total. The Morgan fingerprint density at radius 3 is 2.78 bits per heavy atom. The Balaban J connectivity index is 1.42. The van der Waals surface area contributed by atoms with Crippen LogP contribution in [0, 0.1) is 11.7 Å². The van der Waals surface area contributed by atoms with Gasteiger partial charge in [-0.25, -0.2) is 14.4 Å². The quantitative estimate of drug-likeness (QED) is 0.494. The largest absolute Gasteiger partial charge is 0.375 e. The Bertz CT molecular complexity index is 1150. The van der Waals surface area contributed by atoms with Crippen LogP contribution in [0.1, 0.15) is 31.4 Å². The Kier molecular flexibility index (Phi) is 6.92. The van der Waals surface area contributed by atoms with Crippen molar-refractivity contribution >= 4 is 39.5 Å². The van der Waals surface area contributed by atoms with Gasteiger partial charge in [-0.2, -0.15) is 0 Å². The van der Waals surface area contributed by atoms with Crippen LogP contribution in [-0.4, -0.2) is 29.5 Å². The van der Waals surface area contributed by atoms with Crippen LogP contribution in [0.4, 0.5) is 4.39 Å². The number of halogens is 1. The maximum Gasteiger partial charge on any atom is 0.274 e. The van der Waals surface area contributed by atoms with Crippen LogP contribution in [0.25, 0.3) is 16.3 Å². The lowest BCUT2D eigenvalue weighted by atomic mass is 10.1. The summed E-state index contributed by atoms with van der Waals surface area (Å²) in [5, 5.41) is 5.89. The summed E-state index contributed by atoms with van der Waals surface area (Å²) >= 11 is 1.56. The molecule has 0 saturated carbocycles. The van der Waals surface area contributed by atoms with E-state index in [9.17, 15) is 9.18 Å². The number of amides is 1. The number of benzene rings is 2. The van der Waals surface area contributed by atoms with E-state index in [0.29, 0.717) is 30.8 Å². The molecule has 1 aliphatic rings. The zero-order chi connectivity index (χ0) is 22.5. The van der Waals surface area contributed by atoms with E-state index >= 15 is 0 Å². The van der Waals surface area contributed by atoms with Gasteiger partial charge in [0.25, 0.3) is 5.91 Å². The van der Waals surface area contributed by atoms with Crippen molar-refractivity contribution in [2.24, 2.45) is 10.9 Å². The van der Waals surface area contributed by atoms with Crippen LogP contribution in [0.3, 0.4) is 0 Å². The number of nitrogens with zero attached hydrogens (tertiary/aromatic N) is 2. The predicted molar refractivity (Wildman–Crippen MR) is 126 cm³/mol. The van der Waals surface area contributed by atoms with Gasteiger partial charge in [0.1, 0.15) is 11.5 Å². The summed E-state index contributed by atoms with van der Waals surface area (Å²) in [5.74, 6) is 0.355. The van der Waals surface area contributed by atoms with E-state index in [1.54, 1.807) is 35.1 Å². The third-order valence-electron chi connectivity index (χ3n) is 4.94. The molecule has 1 unspecified atom stereocenters. The average Bonchev–Trinajstić information content (AvgIpc) is 3.35. The molecular formula is C24H25FN4O2S. The van der Waals surface area contributed by atoms with Crippen molar-refractivity contribution < 1.29 is 13.9 Å². The van der Waals surface area contributed by atoms with E-state index in [0.717, 1.165) is 27.8 Å². The third kappa shape index (κ3) is 5.77. The molecule has 3 aromatic rings. The number of carbonyl (C=O) groups is 1. The topological polar surface area (TPSA) is 75.6 Å². The van der Waals surface area contributed by atoms with Crippen molar-refractivity contribution in [1.29, 1.82) is 0 Å². The van der Waals surface area contributed by atoms with Gasteiger partial charge in [-0.1, -0.05) is 32.0 Å². The van der Waals surface area contributed by atoms with E-state index in [4.69, 9.17) is 4.74 Å². The molecule has 2 aromatic carbocycles. The van der Waals surface area contributed by atoms with Gasteiger partial charge in [0.2, 0.25) is 5.96 Å². The van der Waals surface area contributed by atoms with Gasteiger partial charge < -0.3 is 10.1 Å². The first-order valence-electron chi connectivity index (χ1n) is 10.5. The number of hydrogen-bond acceptors (Lipinski definition) is 5. The van der Waals surface area contributed by atoms with Crippen molar-refractivity contribution in [1.82, 2.24) is 15.6 Å². The first kappa shape index (κ1) is 22.1. The first-order valence-corrected chi connectivity index (χ1v) is 11.4. The molecule has 1 saturated heterocycles. The molecule has 1 amide bonds. The van der Waals surface area contributed by atoms with E-state index < -0.39 is 0 Å². The van der Waals surface area contributed by atoms with Crippen molar-refractivity contribution in [2.75, 3.05) is 6.61 Å². The minimum absolute atomic E-state index is 0.119. The number of ether oxygens (including phenoxy) is 1. The first-order chi connectivity index (χ1) is 15.5. The van der Waals surface area contributed by atoms with Crippen molar-refractivity contribution in [3.05, 3.63) is 70.6 Å². The summed E-state index contributed by atoms with van der Waals surface area (Å²) in [7, 11) is 0. The monoisotopic (exact) mass is 452 g/mol. The van der Waals surface area contributed by atoms with Crippen LogP contribution in [0.5, 0.6) is 0 Å². The molecule has 0 radical (unpaired) electrons. The number of nitrogens with one attached hydrogen (secondary N) is 2. The second-order valence-electron chi connectivity index (χ2n) is 8.12. The summed E-state index contributed by atoms with van der Waals surface area (Å²) in [6.07, 6.45) is 2.62. The van der Waals surface area contributed by atoms with Crippen molar-refractivity contribution in [3.63, 3.8) is 0 Å². The van der Waals surface area contributed by atoms with E-state index in [1.165, 1.54) is 12.1 Å². The van der Waals surface area contributed by atoms with Gasteiger partial charge in [0.05, 0.1) is 35.0 Å².